The van der Waals surface area contributed by atoms with E-state index in [0.717, 1.165) is 23.3 Å². The van der Waals surface area contributed by atoms with E-state index in [-0.39, 0.29) is 18.6 Å². The molecule has 1 unspecified atom stereocenters. The summed E-state index contributed by atoms with van der Waals surface area (Å²) in [6.07, 6.45) is 2.55. The van der Waals surface area contributed by atoms with Gasteiger partial charge in [0.05, 0.1) is 17.1 Å². The first-order valence-electron chi connectivity index (χ1n) is 10.9. The molecule has 0 aliphatic carbocycles. The Morgan fingerprint density at radius 1 is 1.25 bits per heavy atom. The van der Waals surface area contributed by atoms with Gasteiger partial charge in [-0.1, -0.05) is 32.1 Å². The fourth-order valence-corrected chi connectivity index (χ4v) is 5.16. The molecule has 1 heterocycles. The highest BCUT2D eigenvalue weighted by Crippen LogP contribution is 2.36. The third kappa shape index (κ3) is 5.05. The van der Waals surface area contributed by atoms with Crippen molar-refractivity contribution < 1.29 is 13.2 Å². The minimum absolute atomic E-state index is 0.0293. The van der Waals surface area contributed by atoms with E-state index in [2.05, 4.69) is 20.4 Å². The molecule has 172 valence electrons. The third-order valence-electron chi connectivity index (χ3n) is 5.63. The molecular weight excluding hydrogens is 422 g/mol. The summed E-state index contributed by atoms with van der Waals surface area (Å²) in [5, 5.41) is 0. The van der Waals surface area contributed by atoms with Crippen LogP contribution in [0.25, 0.3) is 0 Å². The van der Waals surface area contributed by atoms with E-state index in [0.29, 0.717) is 22.9 Å². The van der Waals surface area contributed by atoms with Crippen LogP contribution < -0.4 is 9.04 Å². The quantitative estimate of drug-likeness (QED) is 0.429. The van der Waals surface area contributed by atoms with Gasteiger partial charge in [-0.25, -0.2) is 8.42 Å². The van der Waals surface area contributed by atoms with Gasteiger partial charge in [0.25, 0.3) is 10.0 Å². The van der Waals surface area contributed by atoms with Crippen LogP contribution in [-0.4, -0.2) is 52.4 Å². The zero-order valence-electron chi connectivity index (χ0n) is 19.6. The average Bonchev–Trinajstić information content (AvgIpc) is 2.77. The standard InChI is InChI=1S/C25H33N3O3S/c1-7-9-25(27(5)6)26-19(4)21-12-13-24-23(17-21)28(14-15-31-24)32(29,30)22-11-8-10-20(16-22)18(2)3/h7-8,10-13,16-18,25H,1,9,14-15H2,2-6H3. The minimum atomic E-state index is -3.73. The third-order valence-corrected chi connectivity index (χ3v) is 7.44. The smallest absolute Gasteiger partial charge is 0.264 e. The number of nitrogens with zero attached hydrogens (tertiary/aromatic N) is 3. The summed E-state index contributed by atoms with van der Waals surface area (Å²) in [5.74, 6) is 0.805. The van der Waals surface area contributed by atoms with Crippen LogP contribution in [0.4, 0.5) is 5.69 Å². The Kier molecular flexibility index (Phi) is 7.41. The highest BCUT2D eigenvalue weighted by molar-refractivity contribution is 7.92. The number of benzene rings is 2. The van der Waals surface area contributed by atoms with Gasteiger partial charge >= 0.3 is 0 Å². The Morgan fingerprint density at radius 3 is 2.66 bits per heavy atom. The number of aliphatic imine (C=N–C) groups is 1. The number of rotatable bonds is 8. The number of anilines is 1. The Balaban J connectivity index is 2.02. The van der Waals surface area contributed by atoms with Gasteiger partial charge < -0.3 is 4.74 Å². The number of ether oxygens (including phenoxy) is 1. The van der Waals surface area contributed by atoms with Gasteiger partial charge in [0.15, 0.2) is 0 Å². The molecule has 2 aromatic rings. The lowest BCUT2D eigenvalue weighted by molar-refractivity contribution is 0.305. The number of hydrogen-bond donors (Lipinski definition) is 0. The normalized spacial score (nSPS) is 15.5. The van der Waals surface area contributed by atoms with E-state index in [9.17, 15) is 8.42 Å². The fourth-order valence-electron chi connectivity index (χ4n) is 3.66. The zero-order valence-corrected chi connectivity index (χ0v) is 20.4. The Labute approximate surface area is 192 Å². The van der Waals surface area contributed by atoms with Crippen LogP contribution in [0.3, 0.4) is 0 Å². The summed E-state index contributed by atoms with van der Waals surface area (Å²) in [7, 11) is 0.228. The second-order valence-electron chi connectivity index (χ2n) is 8.52. The van der Waals surface area contributed by atoms with Crippen molar-refractivity contribution in [2.75, 3.05) is 31.6 Å². The van der Waals surface area contributed by atoms with Gasteiger partial charge in [0, 0.05) is 12.1 Å². The van der Waals surface area contributed by atoms with Crippen molar-refractivity contribution in [1.82, 2.24) is 4.90 Å². The molecule has 6 nitrogen and oxygen atoms in total. The molecule has 1 atom stereocenters. The molecule has 1 aliphatic heterocycles. The molecule has 0 N–H and O–H groups in total. The molecule has 2 aromatic carbocycles. The van der Waals surface area contributed by atoms with Crippen LogP contribution >= 0.6 is 0 Å². The lowest BCUT2D eigenvalue weighted by Gasteiger charge is -2.31. The van der Waals surface area contributed by atoms with Crippen LogP contribution in [0.1, 0.15) is 44.2 Å². The topological polar surface area (TPSA) is 62.2 Å². The highest BCUT2D eigenvalue weighted by atomic mass is 32.2. The van der Waals surface area contributed by atoms with Gasteiger partial charge in [0.1, 0.15) is 18.5 Å². The summed E-state index contributed by atoms with van der Waals surface area (Å²) in [6, 6.07) is 12.8. The maximum Gasteiger partial charge on any atom is 0.264 e. The molecule has 0 spiro atoms. The van der Waals surface area contributed by atoms with Crippen molar-refractivity contribution in [2.24, 2.45) is 4.99 Å². The molecule has 0 aromatic heterocycles. The largest absolute Gasteiger partial charge is 0.489 e. The second-order valence-corrected chi connectivity index (χ2v) is 10.4. The van der Waals surface area contributed by atoms with Gasteiger partial charge in [-0.05, 0) is 68.4 Å². The molecule has 0 bridgehead atoms. The predicted molar refractivity (Wildman–Crippen MR) is 131 cm³/mol. The fraction of sp³-hybridized carbons (Fsp3) is 0.400. The highest BCUT2D eigenvalue weighted by Gasteiger charge is 2.31. The minimum Gasteiger partial charge on any atom is -0.489 e. The summed E-state index contributed by atoms with van der Waals surface area (Å²) in [4.78, 5) is 7.15. The molecule has 0 amide bonds. The van der Waals surface area contributed by atoms with E-state index in [1.54, 1.807) is 18.2 Å². The van der Waals surface area contributed by atoms with E-state index < -0.39 is 10.0 Å². The van der Waals surface area contributed by atoms with E-state index >= 15 is 0 Å². The first kappa shape index (κ1) is 24.0. The van der Waals surface area contributed by atoms with Gasteiger partial charge in [-0.3, -0.25) is 14.2 Å². The van der Waals surface area contributed by atoms with Crippen LogP contribution in [0.5, 0.6) is 5.75 Å². The first-order chi connectivity index (χ1) is 15.1. The number of fused-ring (bicyclic) bond motifs is 1. The first-order valence-corrected chi connectivity index (χ1v) is 12.3. The van der Waals surface area contributed by atoms with Crippen molar-refractivity contribution in [3.05, 3.63) is 66.2 Å². The van der Waals surface area contributed by atoms with Gasteiger partial charge in [-0.15, -0.1) is 6.58 Å². The maximum atomic E-state index is 13.6. The molecule has 0 radical (unpaired) electrons. The monoisotopic (exact) mass is 455 g/mol. The Bertz CT molecular complexity index is 1110. The summed E-state index contributed by atoms with van der Waals surface area (Å²) < 4.78 is 34.4. The molecule has 7 heteroatoms. The summed E-state index contributed by atoms with van der Waals surface area (Å²) in [5.41, 5.74) is 3.23. The molecule has 32 heavy (non-hydrogen) atoms. The second kappa shape index (κ2) is 9.88. The van der Waals surface area contributed by atoms with E-state index in [4.69, 9.17) is 9.73 Å². The van der Waals surface area contributed by atoms with Crippen molar-refractivity contribution in [3.8, 4) is 5.75 Å². The van der Waals surface area contributed by atoms with Crippen molar-refractivity contribution in [1.29, 1.82) is 0 Å². The summed E-state index contributed by atoms with van der Waals surface area (Å²) in [6.45, 7) is 10.4. The van der Waals surface area contributed by atoms with Crippen LogP contribution in [0.15, 0.2) is 65.0 Å². The lowest BCUT2D eigenvalue weighted by atomic mass is 10.0. The van der Waals surface area contributed by atoms with Crippen LogP contribution in [0.2, 0.25) is 0 Å². The SMILES string of the molecule is C=CCC(N=C(C)c1ccc2c(c1)N(S(=O)(=O)c1cccc(C(C)C)c1)CCO2)N(C)C. The molecule has 0 fully saturated rings. The molecule has 1 aliphatic rings. The number of hydrogen-bond acceptors (Lipinski definition) is 5. The predicted octanol–water partition coefficient (Wildman–Crippen LogP) is 4.67. The maximum absolute atomic E-state index is 13.6. The average molecular weight is 456 g/mol. The molecule has 3 rings (SSSR count). The zero-order chi connectivity index (χ0) is 23.5. The van der Waals surface area contributed by atoms with E-state index in [1.165, 1.54) is 4.31 Å². The van der Waals surface area contributed by atoms with Gasteiger partial charge in [-0.2, -0.15) is 0 Å². The van der Waals surface area contributed by atoms with Crippen LogP contribution in [-0.2, 0) is 10.0 Å². The number of sulfonamides is 1. The van der Waals surface area contributed by atoms with Crippen molar-refractivity contribution >= 4 is 21.4 Å². The lowest BCUT2D eigenvalue weighted by Crippen LogP contribution is -2.38. The Morgan fingerprint density at radius 2 is 2.00 bits per heavy atom. The molecule has 0 saturated heterocycles. The molecular formula is C25H33N3O3S. The molecule has 0 saturated carbocycles. The Hall–Kier alpha value is -2.64. The van der Waals surface area contributed by atoms with Gasteiger partial charge in [0.2, 0.25) is 0 Å². The van der Waals surface area contributed by atoms with Crippen molar-refractivity contribution in [2.45, 2.75) is 44.2 Å². The van der Waals surface area contributed by atoms with Crippen molar-refractivity contribution in [3.63, 3.8) is 0 Å². The summed E-state index contributed by atoms with van der Waals surface area (Å²) >= 11 is 0. The van der Waals surface area contributed by atoms with E-state index in [1.807, 2.05) is 56.3 Å². The van der Waals surface area contributed by atoms with Crippen LogP contribution in [0, 0.1) is 0 Å².